The zero-order chi connectivity index (χ0) is 15.4. The van der Waals surface area contributed by atoms with Gasteiger partial charge in [0.05, 0.1) is 7.11 Å². The fraction of sp³-hybridized carbons (Fsp3) is 0.647. The van der Waals surface area contributed by atoms with Crippen molar-refractivity contribution in [2.45, 2.75) is 38.9 Å². The van der Waals surface area contributed by atoms with Crippen LogP contribution in [0.5, 0.6) is 5.75 Å². The molecule has 4 nitrogen and oxygen atoms in total. The van der Waals surface area contributed by atoms with E-state index in [2.05, 4.69) is 42.7 Å². The first-order valence-corrected chi connectivity index (χ1v) is 7.90. The van der Waals surface area contributed by atoms with Gasteiger partial charge in [-0.05, 0) is 38.5 Å². The molecule has 1 aromatic carbocycles. The SMILES string of the molecule is COc1ccc(C(C(C)N)N2CCN(C(C)C)CC2)cc1. The van der Waals surface area contributed by atoms with Gasteiger partial charge in [-0.2, -0.15) is 0 Å². The molecule has 2 N–H and O–H groups in total. The second-order valence-corrected chi connectivity index (χ2v) is 6.24. The van der Waals surface area contributed by atoms with Gasteiger partial charge in [-0.1, -0.05) is 12.1 Å². The third-order valence-corrected chi connectivity index (χ3v) is 4.43. The van der Waals surface area contributed by atoms with Crippen molar-refractivity contribution in [3.63, 3.8) is 0 Å². The molecule has 0 aromatic heterocycles. The lowest BCUT2D eigenvalue weighted by molar-refractivity contribution is 0.0705. The molecule has 0 bridgehead atoms. The summed E-state index contributed by atoms with van der Waals surface area (Å²) in [6, 6.07) is 9.35. The van der Waals surface area contributed by atoms with Gasteiger partial charge in [0.1, 0.15) is 5.75 Å². The van der Waals surface area contributed by atoms with Gasteiger partial charge in [0, 0.05) is 44.3 Å². The molecule has 2 atom stereocenters. The Kier molecular flexibility index (Phi) is 5.62. The molecule has 0 spiro atoms. The number of methoxy groups -OCH3 is 1. The normalized spacial score (nSPS) is 20.5. The van der Waals surface area contributed by atoms with Crippen LogP contribution in [0.15, 0.2) is 24.3 Å². The van der Waals surface area contributed by atoms with E-state index in [1.54, 1.807) is 7.11 Å². The van der Waals surface area contributed by atoms with Crippen molar-refractivity contribution in [3.8, 4) is 5.75 Å². The van der Waals surface area contributed by atoms with Crippen molar-refractivity contribution in [3.05, 3.63) is 29.8 Å². The molecule has 21 heavy (non-hydrogen) atoms. The van der Waals surface area contributed by atoms with Gasteiger partial charge in [-0.15, -0.1) is 0 Å². The van der Waals surface area contributed by atoms with Crippen LogP contribution in [0.25, 0.3) is 0 Å². The van der Waals surface area contributed by atoms with E-state index in [1.807, 2.05) is 12.1 Å². The van der Waals surface area contributed by atoms with Crippen LogP contribution in [0, 0.1) is 0 Å². The largest absolute Gasteiger partial charge is 0.497 e. The van der Waals surface area contributed by atoms with Crippen LogP contribution in [0.2, 0.25) is 0 Å². The van der Waals surface area contributed by atoms with E-state index in [9.17, 15) is 0 Å². The first kappa shape index (κ1) is 16.3. The molecular formula is C17H29N3O. The Morgan fingerprint density at radius 3 is 1.90 bits per heavy atom. The van der Waals surface area contributed by atoms with Gasteiger partial charge in [0.15, 0.2) is 0 Å². The summed E-state index contributed by atoms with van der Waals surface area (Å²) in [7, 11) is 1.70. The summed E-state index contributed by atoms with van der Waals surface area (Å²) in [4.78, 5) is 5.05. The predicted molar refractivity (Wildman–Crippen MR) is 87.7 cm³/mol. The van der Waals surface area contributed by atoms with Crippen molar-refractivity contribution in [1.29, 1.82) is 0 Å². The number of nitrogens with two attached hydrogens (primary N) is 1. The fourth-order valence-corrected chi connectivity index (χ4v) is 3.18. The van der Waals surface area contributed by atoms with Crippen LogP contribution in [0.3, 0.4) is 0 Å². The smallest absolute Gasteiger partial charge is 0.118 e. The number of hydrogen-bond donors (Lipinski definition) is 1. The van der Waals surface area contributed by atoms with Gasteiger partial charge in [-0.3, -0.25) is 9.80 Å². The second kappa shape index (κ2) is 7.25. The molecular weight excluding hydrogens is 262 g/mol. The van der Waals surface area contributed by atoms with Gasteiger partial charge in [0.2, 0.25) is 0 Å². The van der Waals surface area contributed by atoms with Crippen molar-refractivity contribution in [1.82, 2.24) is 9.80 Å². The third kappa shape index (κ3) is 3.96. The minimum atomic E-state index is 0.115. The average molecular weight is 291 g/mol. The van der Waals surface area contributed by atoms with E-state index in [4.69, 9.17) is 10.5 Å². The maximum atomic E-state index is 6.28. The number of nitrogens with zero attached hydrogens (tertiary/aromatic N) is 2. The number of hydrogen-bond acceptors (Lipinski definition) is 4. The molecule has 4 heteroatoms. The molecule has 118 valence electrons. The number of rotatable bonds is 5. The lowest BCUT2D eigenvalue weighted by Gasteiger charge is -2.42. The van der Waals surface area contributed by atoms with E-state index in [1.165, 1.54) is 5.56 Å². The van der Waals surface area contributed by atoms with E-state index in [-0.39, 0.29) is 12.1 Å². The molecule has 2 unspecified atom stereocenters. The van der Waals surface area contributed by atoms with Gasteiger partial charge < -0.3 is 10.5 Å². The Hall–Kier alpha value is -1.10. The average Bonchev–Trinajstić information content (AvgIpc) is 2.48. The monoisotopic (exact) mass is 291 g/mol. The van der Waals surface area contributed by atoms with Crippen LogP contribution in [0.4, 0.5) is 0 Å². The molecule has 1 fully saturated rings. The highest BCUT2D eigenvalue weighted by Gasteiger charge is 2.28. The first-order chi connectivity index (χ1) is 10.0. The summed E-state index contributed by atoms with van der Waals surface area (Å²) < 4.78 is 5.24. The summed E-state index contributed by atoms with van der Waals surface area (Å²) in [5, 5.41) is 0. The Morgan fingerprint density at radius 1 is 0.952 bits per heavy atom. The molecule has 1 aliphatic rings. The van der Waals surface area contributed by atoms with E-state index < -0.39 is 0 Å². The van der Waals surface area contributed by atoms with Crippen molar-refractivity contribution >= 4 is 0 Å². The molecule has 0 aliphatic carbocycles. The second-order valence-electron chi connectivity index (χ2n) is 6.24. The summed E-state index contributed by atoms with van der Waals surface area (Å²) in [5.41, 5.74) is 7.56. The maximum absolute atomic E-state index is 6.28. The summed E-state index contributed by atoms with van der Waals surface area (Å²) in [6.07, 6.45) is 0. The van der Waals surface area contributed by atoms with Crippen LogP contribution in [0.1, 0.15) is 32.4 Å². The lowest BCUT2D eigenvalue weighted by atomic mass is 9.98. The molecule has 1 aliphatic heterocycles. The Balaban J connectivity index is 2.09. The van der Waals surface area contributed by atoms with Crippen LogP contribution >= 0.6 is 0 Å². The van der Waals surface area contributed by atoms with Crippen LogP contribution in [-0.2, 0) is 0 Å². The molecule has 1 saturated heterocycles. The quantitative estimate of drug-likeness (QED) is 0.902. The zero-order valence-electron chi connectivity index (χ0n) is 13.7. The first-order valence-electron chi connectivity index (χ1n) is 7.90. The highest BCUT2D eigenvalue weighted by atomic mass is 16.5. The maximum Gasteiger partial charge on any atom is 0.118 e. The minimum absolute atomic E-state index is 0.115. The van der Waals surface area contributed by atoms with Crippen molar-refractivity contribution in [2.24, 2.45) is 5.73 Å². The Morgan fingerprint density at radius 2 is 1.48 bits per heavy atom. The summed E-state index contributed by atoms with van der Waals surface area (Å²) in [5.74, 6) is 0.895. The summed E-state index contributed by atoms with van der Waals surface area (Å²) >= 11 is 0. The topological polar surface area (TPSA) is 41.7 Å². The van der Waals surface area contributed by atoms with E-state index in [0.717, 1.165) is 31.9 Å². The number of ether oxygens (including phenoxy) is 1. The number of benzene rings is 1. The lowest BCUT2D eigenvalue weighted by Crippen LogP contribution is -2.52. The molecule has 2 rings (SSSR count). The van der Waals surface area contributed by atoms with E-state index >= 15 is 0 Å². The molecule has 0 amide bonds. The molecule has 0 radical (unpaired) electrons. The summed E-state index contributed by atoms with van der Waals surface area (Å²) in [6.45, 7) is 11.0. The predicted octanol–water partition coefficient (Wildman–Crippen LogP) is 2.11. The zero-order valence-corrected chi connectivity index (χ0v) is 13.7. The van der Waals surface area contributed by atoms with Crippen molar-refractivity contribution in [2.75, 3.05) is 33.3 Å². The number of piperazine rings is 1. The van der Waals surface area contributed by atoms with Gasteiger partial charge in [0.25, 0.3) is 0 Å². The highest BCUT2D eigenvalue weighted by Crippen LogP contribution is 2.26. The van der Waals surface area contributed by atoms with Gasteiger partial charge >= 0.3 is 0 Å². The Bertz CT molecular complexity index is 422. The highest BCUT2D eigenvalue weighted by molar-refractivity contribution is 5.30. The van der Waals surface area contributed by atoms with Crippen LogP contribution < -0.4 is 10.5 Å². The fourth-order valence-electron chi connectivity index (χ4n) is 3.18. The van der Waals surface area contributed by atoms with Crippen LogP contribution in [-0.4, -0.2) is 55.2 Å². The molecule has 0 saturated carbocycles. The standard InChI is InChI=1S/C17H29N3O/c1-13(2)19-9-11-20(12-10-19)17(14(3)18)15-5-7-16(21-4)8-6-15/h5-8,13-14,17H,9-12,18H2,1-4H3. The van der Waals surface area contributed by atoms with Crippen molar-refractivity contribution < 1.29 is 4.74 Å². The molecule has 1 aromatic rings. The van der Waals surface area contributed by atoms with Gasteiger partial charge in [-0.25, -0.2) is 0 Å². The Labute approximate surface area is 128 Å². The molecule has 1 heterocycles. The third-order valence-electron chi connectivity index (χ3n) is 4.43. The van der Waals surface area contributed by atoms with E-state index in [0.29, 0.717) is 6.04 Å². The minimum Gasteiger partial charge on any atom is -0.497 e.